The second kappa shape index (κ2) is 4.94. The average molecular weight is 231 g/mol. The Bertz CT molecular complexity index is 476. The summed E-state index contributed by atoms with van der Waals surface area (Å²) in [7, 11) is 0. The number of amides is 1. The van der Waals surface area contributed by atoms with E-state index in [2.05, 4.69) is 12.2 Å². The van der Waals surface area contributed by atoms with E-state index < -0.39 is 0 Å². The SMILES string of the molecule is CCc1ccc(NC(=O)c2ccccc2)s1. The number of hydrogen-bond donors (Lipinski definition) is 1. The molecule has 2 aromatic rings. The lowest BCUT2D eigenvalue weighted by molar-refractivity contribution is 0.102. The number of benzene rings is 1. The van der Waals surface area contributed by atoms with Gasteiger partial charge in [0.15, 0.2) is 0 Å². The van der Waals surface area contributed by atoms with E-state index in [9.17, 15) is 4.79 Å². The number of rotatable bonds is 3. The van der Waals surface area contributed by atoms with Gasteiger partial charge in [0.1, 0.15) is 0 Å². The summed E-state index contributed by atoms with van der Waals surface area (Å²) in [4.78, 5) is 13.1. The molecule has 3 heteroatoms. The highest BCUT2D eigenvalue weighted by atomic mass is 32.1. The maximum atomic E-state index is 11.8. The van der Waals surface area contributed by atoms with Crippen molar-refractivity contribution in [3.05, 3.63) is 52.9 Å². The molecule has 0 radical (unpaired) electrons. The Kier molecular flexibility index (Phi) is 3.37. The van der Waals surface area contributed by atoms with Crippen LogP contribution in [-0.2, 0) is 6.42 Å². The fourth-order valence-corrected chi connectivity index (χ4v) is 2.25. The summed E-state index contributed by atoms with van der Waals surface area (Å²) in [6, 6.07) is 13.2. The molecule has 0 saturated heterocycles. The zero-order valence-electron chi connectivity index (χ0n) is 9.07. The van der Waals surface area contributed by atoms with E-state index in [1.54, 1.807) is 11.3 Å². The van der Waals surface area contributed by atoms with Crippen LogP contribution in [-0.4, -0.2) is 5.91 Å². The highest BCUT2D eigenvalue weighted by molar-refractivity contribution is 7.16. The number of carbonyl (C=O) groups excluding carboxylic acids is 1. The molecular weight excluding hydrogens is 218 g/mol. The minimum absolute atomic E-state index is 0.0508. The van der Waals surface area contributed by atoms with Gasteiger partial charge in [-0.25, -0.2) is 0 Å². The standard InChI is InChI=1S/C13H13NOS/c1-2-11-8-9-12(16-11)14-13(15)10-6-4-3-5-7-10/h3-9H,2H2,1H3,(H,14,15). The molecule has 0 spiro atoms. The molecule has 0 bridgehead atoms. The van der Waals surface area contributed by atoms with Crippen LogP contribution in [0.1, 0.15) is 22.2 Å². The number of aryl methyl sites for hydroxylation is 1. The van der Waals surface area contributed by atoms with E-state index >= 15 is 0 Å². The minimum Gasteiger partial charge on any atom is -0.314 e. The van der Waals surface area contributed by atoms with E-state index in [-0.39, 0.29) is 5.91 Å². The first kappa shape index (κ1) is 10.9. The lowest BCUT2D eigenvalue weighted by Gasteiger charge is -2.01. The molecule has 0 fully saturated rings. The second-order valence-electron chi connectivity index (χ2n) is 3.44. The highest BCUT2D eigenvalue weighted by Gasteiger charge is 2.06. The van der Waals surface area contributed by atoms with Crippen LogP contribution < -0.4 is 5.32 Å². The number of nitrogens with one attached hydrogen (secondary N) is 1. The average Bonchev–Trinajstić information content (AvgIpc) is 2.78. The van der Waals surface area contributed by atoms with Crippen LogP contribution in [0.2, 0.25) is 0 Å². The summed E-state index contributed by atoms with van der Waals surface area (Å²) in [5, 5.41) is 3.80. The zero-order valence-corrected chi connectivity index (χ0v) is 9.88. The molecule has 0 aliphatic carbocycles. The van der Waals surface area contributed by atoms with Gasteiger partial charge in [-0.15, -0.1) is 11.3 Å². The molecule has 1 heterocycles. The number of anilines is 1. The van der Waals surface area contributed by atoms with Gasteiger partial charge in [-0.3, -0.25) is 4.79 Å². The van der Waals surface area contributed by atoms with Crippen molar-refractivity contribution < 1.29 is 4.79 Å². The molecular formula is C13H13NOS. The Hall–Kier alpha value is -1.61. The van der Waals surface area contributed by atoms with Gasteiger partial charge in [0.25, 0.3) is 5.91 Å². The van der Waals surface area contributed by atoms with Crippen LogP contribution in [0.15, 0.2) is 42.5 Å². The quantitative estimate of drug-likeness (QED) is 0.859. The van der Waals surface area contributed by atoms with Gasteiger partial charge in [-0.05, 0) is 30.7 Å². The molecule has 1 aromatic heterocycles. The largest absolute Gasteiger partial charge is 0.314 e. The maximum Gasteiger partial charge on any atom is 0.256 e. The number of hydrogen-bond acceptors (Lipinski definition) is 2. The van der Waals surface area contributed by atoms with Gasteiger partial charge >= 0.3 is 0 Å². The van der Waals surface area contributed by atoms with Crippen molar-refractivity contribution in [1.82, 2.24) is 0 Å². The summed E-state index contributed by atoms with van der Waals surface area (Å²) in [6.07, 6.45) is 1.01. The lowest BCUT2D eigenvalue weighted by atomic mass is 10.2. The normalized spacial score (nSPS) is 10.1. The van der Waals surface area contributed by atoms with Gasteiger partial charge in [0, 0.05) is 10.4 Å². The summed E-state index contributed by atoms with van der Waals surface area (Å²) >= 11 is 1.62. The van der Waals surface area contributed by atoms with Gasteiger partial charge in [-0.1, -0.05) is 25.1 Å². The smallest absolute Gasteiger partial charge is 0.256 e. The monoisotopic (exact) mass is 231 g/mol. The first-order valence-electron chi connectivity index (χ1n) is 5.24. The topological polar surface area (TPSA) is 29.1 Å². The molecule has 1 amide bonds. The fourth-order valence-electron chi connectivity index (χ4n) is 1.41. The van der Waals surface area contributed by atoms with E-state index in [0.717, 1.165) is 11.4 Å². The van der Waals surface area contributed by atoms with E-state index in [0.29, 0.717) is 5.56 Å². The molecule has 0 saturated carbocycles. The molecule has 2 rings (SSSR count). The third kappa shape index (κ3) is 2.49. The molecule has 1 aromatic carbocycles. The van der Waals surface area contributed by atoms with Gasteiger partial charge in [-0.2, -0.15) is 0 Å². The van der Waals surface area contributed by atoms with Gasteiger partial charge < -0.3 is 5.32 Å². The maximum absolute atomic E-state index is 11.8. The predicted molar refractivity (Wildman–Crippen MR) is 68.1 cm³/mol. The Labute approximate surface area is 98.9 Å². The lowest BCUT2D eigenvalue weighted by Crippen LogP contribution is -2.10. The number of carbonyl (C=O) groups is 1. The molecule has 16 heavy (non-hydrogen) atoms. The number of thiophene rings is 1. The fraction of sp³-hybridized carbons (Fsp3) is 0.154. The van der Waals surface area contributed by atoms with Crippen molar-refractivity contribution in [2.24, 2.45) is 0 Å². The molecule has 0 aliphatic rings. The van der Waals surface area contributed by atoms with Crippen molar-refractivity contribution in [2.45, 2.75) is 13.3 Å². The highest BCUT2D eigenvalue weighted by Crippen LogP contribution is 2.22. The Balaban J connectivity index is 2.08. The van der Waals surface area contributed by atoms with Crippen LogP contribution >= 0.6 is 11.3 Å². The molecule has 82 valence electrons. The summed E-state index contributed by atoms with van der Waals surface area (Å²) in [6.45, 7) is 2.11. The Morgan fingerprint density at radius 1 is 1.19 bits per heavy atom. The van der Waals surface area contributed by atoms with Crippen molar-refractivity contribution >= 4 is 22.2 Å². The second-order valence-corrected chi connectivity index (χ2v) is 4.61. The van der Waals surface area contributed by atoms with Gasteiger partial charge in [0.05, 0.1) is 5.00 Å². The molecule has 1 N–H and O–H groups in total. The summed E-state index contributed by atoms with van der Waals surface area (Å²) in [5.41, 5.74) is 0.689. The van der Waals surface area contributed by atoms with E-state index in [1.165, 1.54) is 4.88 Å². The van der Waals surface area contributed by atoms with Crippen LogP contribution in [0.3, 0.4) is 0 Å². The summed E-state index contributed by atoms with van der Waals surface area (Å²) < 4.78 is 0. The van der Waals surface area contributed by atoms with Crippen molar-refractivity contribution in [3.8, 4) is 0 Å². The first-order chi connectivity index (χ1) is 7.79. The summed E-state index contributed by atoms with van der Waals surface area (Å²) in [5.74, 6) is -0.0508. The van der Waals surface area contributed by atoms with Crippen LogP contribution in [0.25, 0.3) is 0 Å². The Morgan fingerprint density at radius 3 is 2.56 bits per heavy atom. The zero-order chi connectivity index (χ0) is 11.4. The van der Waals surface area contributed by atoms with E-state index in [1.807, 2.05) is 42.5 Å². The van der Waals surface area contributed by atoms with Gasteiger partial charge in [0.2, 0.25) is 0 Å². The first-order valence-corrected chi connectivity index (χ1v) is 6.06. The van der Waals surface area contributed by atoms with E-state index in [4.69, 9.17) is 0 Å². The van der Waals surface area contributed by atoms with Crippen LogP contribution in [0.4, 0.5) is 5.00 Å². The molecule has 0 unspecified atom stereocenters. The van der Waals surface area contributed by atoms with Crippen molar-refractivity contribution in [1.29, 1.82) is 0 Å². The third-order valence-electron chi connectivity index (χ3n) is 2.28. The van der Waals surface area contributed by atoms with Crippen LogP contribution in [0, 0.1) is 0 Å². The van der Waals surface area contributed by atoms with Crippen molar-refractivity contribution in [2.75, 3.05) is 5.32 Å². The predicted octanol–water partition coefficient (Wildman–Crippen LogP) is 3.56. The molecule has 0 aliphatic heterocycles. The third-order valence-corrected chi connectivity index (χ3v) is 3.43. The van der Waals surface area contributed by atoms with Crippen LogP contribution in [0.5, 0.6) is 0 Å². The van der Waals surface area contributed by atoms with Crippen molar-refractivity contribution in [3.63, 3.8) is 0 Å². The minimum atomic E-state index is -0.0508. The molecule has 2 nitrogen and oxygen atoms in total. The molecule has 0 atom stereocenters. The Morgan fingerprint density at radius 2 is 1.94 bits per heavy atom.